The summed E-state index contributed by atoms with van der Waals surface area (Å²) in [5.74, 6) is 2.95. The predicted octanol–water partition coefficient (Wildman–Crippen LogP) is 0.901. The van der Waals surface area contributed by atoms with E-state index in [2.05, 4.69) is 26.7 Å². The van der Waals surface area contributed by atoms with Crippen LogP contribution in [-0.4, -0.2) is 60.7 Å². The summed E-state index contributed by atoms with van der Waals surface area (Å²) in [7, 11) is 0. The first-order valence-electron chi connectivity index (χ1n) is 7.78. The molecule has 0 saturated carbocycles. The van der Waals surface area contributed by atoms with Crippen LogP contribution in [-0.2, 0) is 0 Å². The molecule has 2 heterocycles. The Kier molecular flexibility index (Phi) is 5.76. The molecule has 1 aliphatic rings. The molecule has 1 aromatic rings. The van der Waals surface area contributed by atoms with Gasteiger partial charge < -0.3 is 15.4 Å². The molecule has 6 heteroatoms. The molecule has 6 nitrogen and oxygen atoms in total. The first kappa shape index (κ1) is 16.0. The second-order valence-electron chi connectivity index (χ2n) is 5.67. The summed E-state index contributed by atoms with van der Waals surface area (Å²) >= 11 is 0. The number of piperazine rings is 1. The van der Waals surface area contributed by atoms with Crippen molar-refractivity contribution >= 4 is 5.82 Å². The molecule has 1 saturated heterocycles. The fourth-order valence-corrected chi connectivity index (χ4v) is 2.58. The van der Waals surface area contributed by atoms with E-state index in [1.165, 1.54) is 0 Å². The average molecular weight is 293 g/mol. The van der Waals surface area contributed by atoms with Gasteiger partial charge in [-0.15, -0.1) is 0 Å². The van der Waals surface area contributed by atoms with Crippen molar-refractivity contribution in [1.82, 2.24) is 14.9 Å². The Labute approximate surface area is 127 Å². The first-order chi connectivity index (χ1) is 10.1. The Morgan fingerprint density at radius 2 is 2.00 bits per heavy atom. The van der Waals surface area contributed by atoms with Gasteiger partial charge in [0.1, 0.15) is 11.6 Å². The zero-order valence-corrected chi connectivity index (χ0v) is 13.4. The maximum atomic E-state index is 5.70. The smallest absolute Gasteiger partial charge is 0.218 e. The number of rotatable bonds is 6. The zero-order chi connectivity index (χ0) is 15.2. The van der Waals surface area contributed by atoms with Gasteiger partial charge in [-0.05, 0) is 26.3 Å². The van der Waals surface area contributed by atoms with Crippen LogP contribution in [0.3, 0.4) is 0 Å². The number of nitrogens with two attached hydrogens (primary N) is 1. The molecule has 2 rings (SSSR count). The van der Waals surface area contributed by atoms with Crippen molar-refractivity contribution in [2.75, 3.05) is 50.8 Å². The molecule has 0 aliphatic carbocycles. The lowest BCUT2D eigenvalue weighted by Crippen LogP contribution is -2.48. The zero-order valence-electron chi connectivity index (χ0n) is 13.4. The maximum Gasteiger partial charge on any atom is 0.218 e. The molecule has 0 amide bonds. The van der Waals surface area contributed by atoms with Gasteiger partial charge in [-0.3, -0.25) is 4.90 Å². The molecule has 1 fully saturated rings. The van der Waals surface area contributed by atoms with Gasteiger partial charge in [0.05, 0.1) is 6.61 Å². The third-order valence-corrected chi connectivity index (χ3v) is 3.76. The van der Waals surface area contributed by atoms with Crippen LogP contribution in [0, 0.1) is 12.8 Å². The van der Waals surface area contributed by atoms with Crippen molar-refractivity contribution in [2.24, 2.45) is 11.7 Å². The first-order valence-corrected chi connectivity index (χ1v) is 7.78. The van der Waals surface area contributed by atoms with Gasteiger partial charge in [-0.25, -0.2) is 4.98 Å². The van der Waals surface area contributed by atoms with E-state index in [0.29, 0.717) is 18.4 Å². The summed E-state index contributed by atoms with van der Waals surface area (Å²) in [6.07, 6.45) is 0. The Bertz CT molecular complexity index is 446. The third-order valence-electron chi connectivity index (χ3n) is 3.76. The van der Waals surface area contributed by atoms with Gasteiger partial charge in [0, 0.05) is 38.8 Å². The lowest BCUT2D eigenvalue weighted by molar-refractivity contribution is 0.226. The Morgan fingerprint density at radius 3 is 2.62 bits per heavy atom. The highest BCUT2D eigenvalue weighted by Crippen LogP contribution is 2.19. The molecule has 0 aromatic carbocycles. The Balaban J connectivity index is 1.95. The van der Waals surface area contributed by atoms with Gasteiger partial charge in [-0.2, -0.15) is 4.98 Å². The van der Waals surface area contributed by atoms with E-state index >= 15 is 0 Å². The van der Waals surface area contributed by atoms with Gasteiger partial charge in [0.2, 0.25) is 5.88 Å². The summed E-state index contributed by atoms with van der Waals surface area (Å²) < 4.78 is 5.50. The van der Waals surface area contributed by atoms with E-state index in [1.54, 1.807) is 0 Å². The fraction of sp³-hybridized carbons (Fsp3) is 0.733. The van der Waals surface area contributed by atoms with Crippen LogP contribution in [0.2, 0.25) is 0 Å². The van der Waals surface area contributed by atoms with Crippen molar-refractivity contribution in [3.8, 4) is 5.88 Å². The lowest BCUT2D eigenvalue weighted by Gasteiger charge is -2.36. The van der Waals surface area contributed by atoms with Crippen LogP contribution in [0.4, 0.5) is 5.82 Å². The standard InChI is InChI=1S/C15H27N5O/c1-4-21-15-9-14(17-13(3)18-15)20-7-5-19(6-8-20)11-12(2)10-16/h9,12H,4-8,10-11,16H2,1-3H3. The molecule has 2 N–H and O–H groups in total. The van der Waals surface area contributed by atoms with Crippen molar-refractivity contribution in [1.29, 1.82) is 0 Å². The third kappa shape index (κ3) is 4.54. The highest BCUT2D eigenvalue weighted by atomic mass is 16.5. The van der Waals surface area contributed by atoms with E-state index in [0.717, 1.165) is 50.9 Å². The molecule has 0 radical (unpaired) electrons. The van der Waals surface area contributed by atoms with Gasteiger partial charge in [-0.1, -0.05) is 6.92 Å². The summed E-state index contributed by atoms with van der Waals surface area (Å²) in [4.78, 5) is 13.6. The largest absolute Gasteiger partial charge is 0.478 e. The minimum Gasteiger partial charge on any atom is -0.478 e. The molecule has 21 heavy (non-hydrogen) atoms. The van der Waals surface area contributed by atoms with Crippen LogP contribution in [0.15, 0.2) is 6.07 Å². The molecular formula is C15H27N5O. The highest BCUT2D eigenvalue weighted by molar-refractivity contribution is 5.42. The molecule has 1 aliphatic heterocycles. The van der Waals surface area contributed by atoms with Crippen LogP contribution in [0.5, 0.6) is 5.88 Å². The quantitative estimate of drug-likeness (QED) is 0.840. The SMILES string of the molecule is CCOc1cc(N2CCN(CC(C)CN)CC2)nc(C)n1. The second kappa shape index (κ2) is 7.56. The number of aryl methyl sites for hydroxylation is 1. The van der Waals surface area contributed by atoms with Gasteiger partial charge in [0.25, 0.3) is 0 Å². The number of aromatic nitrogens is 2. The topological polar surface area (TPSA) is 67.5 Å². The summed E-state index contributed by atoms with van der Waals surface area (Å²) in [6, 6.07) is 1.94. The number of hydrogen-bond donors (Lipinski definition) is 1. The van der Waals surface area contributed by atoms with Gasteiger partial charge >= 0.3 is 0 Å². The molecule has 118 valence electrons. The Hall–Kier alpha value is -1.40. The number of anilines is 1. The minimum atomic E-state index is 0.558. The molecule has 0 bridgehead atoms. The monoisotopic (exact) mass is 293 g/mol. The van der Waals surface area contributed by atoms with E-state index in [1.807, 2.05) is 19.9 Å². The summed E-state index contributed by atoms with van der Waals surface area (Å²) in [6.45, 7) is 12.6. The van der Waals surface area contributed by atoms with Crippen molar-refractivity contribution < 1.29 is 4.74 Å². The van der Waals surface area contributed by atoms with Crippen molar-refractivity contribution in [3.05, 3.63) is 11.9 Å². The normalized spacial score (nSPS) is 17.8. The molecule has 1 unspecified atom stereocenters. The maximum absolute atomic E-state index is 5.70. The van der Waals surface area contributed by atoms with Crippen LogP contribution in [0.25, 0.3) is 0 Å². The highest BCUT2D eigenvalue weighted by Gasteiger charge is 2.20. The second-order valence-corrected chi connectivity index (χ2v) is 5.67. The fourth-order valence-electron chi connectivity index (χ4n) is 2.58. The van der Waals surface area contributed by atoms with E-state index in [4.69, 9.17) is 10.5 Å². The number of nitrogens with zero attached hydrogens (tertiary/aromatic N) is 4. The van der Waals surface area contributed by atoms with Crippen LogP contribution in [0.1, 0.15) is 19.7 Å². The summed E-state index contributed by atoms with van der Waals surface area (Å²) in [5.41, 5.74) is 5.70. The number of ether oxygens (including phenoxy) is 1. The minimum absolute atomic E-state index is 0.558. The number of hydrogen-bond acceptors (Lipinski definition) is 6. The van der Waals surface area contributed by atoms with E-state index < -0.39 is 0 Å². The van der Waals surface area contributed by atoms with E-state index in [9.17, 15) is 0 Å². The van der Waals surface area contributed by atoms with Crippen LogP contribution >= 0.6 is 0 Å². The van der Waals surface area contributed by atoms with Gasteiger partial charge in [0.15, 0.2) is 0 Å². The molecule has 1 aromatic heterocycles. The van der Waals surface area contributed by atoms with E-state index in [-0.39, 0.29) is 0 Å². The van der Waals surface area contributed by atoms with Crippen molar-refractivity contribution in [2.45, 2.75) is 20.8 Å². The average Bonchev–Trinajstić information content (AvgIpc) is 2.47. The molecule has 1 atom stereocenters. The molecule has 0 spiro atoms. The van der Waals surface area contributed by atoms with Crippen LogP contribution < -0.4 is 15.4 Å². The predicted molar refractivity (Wildman–Crippen MR) is 84.8 cm³/mol. The lowest BCUT2D eigenvalue weighted by atomic mass is 10.1. The summed E-state index contributed by atoms with van der Waals surface area (Å²) in [5, 5.41) is 0. The Morgan fingerprint density at radius 1 is 1.29 bits per heavy atom. The van der Waals surface area contributed by atoms with Crippen molar-refractivity contribution in [3.63, 3.8) is 0 Å². The molecular weight excluding hydrogens is 266 g/mol.